The predicted octanol–water partition coefficient (Wildman–Crippen LogP) is 10.2. The number of fused-ring (bicyclic) bond motifs is 6. The van der Waals surface area contributed by atoms with Crippen LogP contribution in [0.1, 0.15) is 176 Å². The van der Waals surface area contributed by atoms with Gasteiger partial charge in [0.2, 0.25) is 11.8 Å². The first kappa shape index (κ1) is 57.3. The van der Waals surface area contributed by atoms with Crippen molar-refractivity contribution in [2.45, 2.75) is 201 Å². The smallest absolute Gasteiger partial charge is 0.399 e. The molecule has 4 aromatic rings. The number of aromatic nitrogens is 2. The Balaban J connectivity index is 0.000000183. The maximum Gasteiger partial charge on any atom is 0.494 e. The number of likely N-dealkylation sites (tertiary alicyclic amines) is 2. The molecule has 17 heteroatoms. The van der Waals surface area contributed by atoms with Crippen molar-refractivity contribution in [3.8, 4) is 0 Å². The molecule has 1 aromatic heterocycles. The van der Waals surface area contributed by atoms with Crippen molar-refractivity contribution in [1.29, 1.82) is 0 Å². The normalized spacial score (nSPS) is 26.5. The highest BCUT2D eigenvalue weighted by Gasteiger charge is 2.56. The minimum atomic E-state index is -0.620. The SMILES string of the molecule is CC(=O)CC(C(=O)N1C(C2=Nc3ccc(B4OC(C)(C)C(C)(C)O4)cc3C2)[C@H]2CC[C@@H]1C2)C(C)C.CC(=O)CC(C(=O)N1C(c2nc3ccc(B4OC(C)(C)C(C)(C)O4)cc3n2C(=O)c2ccccc2Cl)[C@H]2CC[C@@H]1C2)C(C)C. The number of hydrogen-bond acceptors (Lipinski definition) is 11. The Kier molecular flexibility index (Phi) is 15.3. The summed E-state index contributed by atoms with van der Waals surface area (Å²) in [6.45, 7) is 27.5. The highest BCUT2D eigenvalue weighted by atomic mass is 35.5. The van der Waals surface area contributed by atoms with Gasteiger partial charge in [0.05, 0.1) is 61.8 Å². The van der Waals surface area contributed by atoms with Gasteiger partial charge in [-0.05, 0) is 178 Å². The van der Waals surface area contributed by atoms with Crippen LogP contribution < -0.4 is 10.9 Å². The number of amides is 2. The van der Waals surface area contributed by atoms with Gasteiger partial charge in [-0.1, -0.05) is 69.6 Å². The van der Waals surface area contributed by atoms with Gasteiger partial charge in [-0.15, -0.1) is 0 Å². The number of piperidine rings is 2. The van der Waals surface area contributed by atoms with Gasteiger partial charge in [-0.2, -0.15) is 0 Å². The van der Waals surface area contributed by atoms with Crippen molar-refractivity contribution in [3.05, 3.63) is 82.6 Å². The van der Waals surface area contributed by atoms with E-state index in [1.165, 1.54) is 12.5 Å². The number of rotatable bonds is 13. The number of imidazole rings is 1. The van der Waals surface area contributed by atoms with Crippen LogP contribution in [-0.2, 0) is 44.2 Å². The van der Waals surface area contributed by atoms with Crippen molar-refractivity contribution in [1.82, 2.24) is 19.4 Å². The lowest BCUT2D eigenvalue weighted by Crippen LogP contribution is -2.52. The molecule has 2 saturated carbocycles. The van der Waals surface area contributed by atoms with E-state index in [1.54, 1.807) is 35.8 Å². The van der Waals surface area contributed by atoms with Crippen LogP contribution in [0.25, 0.3) is 11.0 Å². The number of aliphatic imine (C=N–C) groups is 1. The van der Waals surface area contributed by atoms with E-state index in [4.69, 9.17) is 40.2 Å². The summed E-state index contributed by atoms with van der Waals surface area (Å²) in [5, 5.41) is 0.342. The van der Waals surface area contributed by atoms with E-state index in [-0.39, 0.29) is 88.7 Å². The minimum Gasteiger partial charge on any atom is -0.399 e. The fraction of sp³-hybridized carbons (Fsp3) is 0.597. The van der Waals surface area contributed by atoms with Crippen molar-refractivity contribution in [3.63, 3.8) is 0 Å². The van der Waals surface area contributed by atoms with E-state index in [0.29, 0.717) is 39.8 Å². The minimum absolute atomic E-state index is 0.00257. The molecule has 0 N–H and O–H groups in total. The topological polar surface area (TPSA) is 159 Å². The zero-order valence-corrected chi connectivity index (χ0v) is 49.6. The second-order valence-electron chi connectivity index (χ2n) is 26.5. The van der Waals surface area contributed by atoms with Gasteiger partial charge >= 0.3 is 14.2 Å². The number of halogens is 1. The largest absolute Gasteiger partial charge is 0.494 e. The van der Waals surface area contributed by atoms with Crippen LogP contribution in [0.3, 0.4) is 0 Å². The third-order valence-corrected chi connectivity index (χ3v) is 19.7. The van der Waals surface area contributed by atoms with Gasteiger partial charge in [0.1, 0.15) is 17.4 Å². The van der Waals surface area contributed by atoms with Gasteiger partial charge in [-0.3, -0.25) is 23.9 Å². The highest BCUT2D eigenvalue weighted by molar-refractivity contribution is 6.62. The number of carbonyl (C=O) groups excluding carboxylic acids is 5. The Morgan fingerprint density at radius 3 is 1.63 bits per heavy atom. The van der Waals surface area contributed by atoms with E-state index in [2.05, 4.69) is 64.6 Å². The lowest BCUT2D eigenvalue weighted by atomic mass is 9.78. The molecule has 79 heavy (non-hydrogen) atoms. The van der Waals surface area contributed by atoms with Crippen LogP contribution in [0.2, 0.25) is 5.02 Å². The molecule has 11 rings (SSSR count). The van der Waals surface area contributed by atoms with Gasteiger partial charge < -0.3 is 38.0 Å². The van der Waals surface area contributed by atoms with Crippen molar-refractivity contribution in [2.24, 2.45) is 40.5 Å². The van der Waals surface area contributed by atoms with E-state index in [9.17, 15) is 24.0 Å². The van der Waals surface area contributed by atoms with Gasteiger partial charge in [-0.25, -0.2) is 4.98 Å². The number of nitrogens with zero attached hydrogens (tertiary/aromatic N) is 5. The molecule has 420 valence electrons. The van der Waals surface area contributed by atoms with E-state index < -0.39 is 37.4 Å². The molecule has 8 atom stereocenters. The molecule has 4 bridgehead atoms. The molecule has 0 radical (unpaired) electrons. The van der Waals surface area contributed by atoms with Crippen molar-refractivity contribution < 1.29 is 42.6 Å². The summed E-state index contributed by atoms with van der Waals surface area (Å²) in [7, 11) is -1.01. The Labute approximate surface area is 472 Å². The molecule has 4 unspecified atom stereocenters. The zero-order valence-electron chi connectivity index (χ0n) is 48.9. The molecule has 6 fully saturated rings. The molecule has 5 aliphatic heterocycles. The average molecular weight is 1100 g/mol. The average Bonchev–Trinajstić information content (AvgIpc) is 4.37. The molecule has 2 aliphatic carbocycles. The quantitative estimate of drug-likeness (QED) is 0.118. The maximum absolute atomic E-state index is 14.5. The molecule has 14 nitrogen and oxygen atoms in total. The number of Topliss-reactive ketones (excluding diaryl/α,β-unsaturated/α-hetero) is 2. The molecular weight excluding hydrogens is 1020 g/mol. The van der Waals surface area contributed by atoms with Crippen LogP contribution in [0.4, 0.5) is 5.69 Å². The number of hydrogen-bond donors (Lipinski definition) is 0. The standard InChI is InChI=1S/C34H41BClN3O5.C28H39BN2O4/c1-19(2)25(16-20(3)40)32(42)38-23-14-12-21(17-23)29(38)30-37-27-15-13-22(35-43-33(4,5)34(6,7)44-35)18-28(27)39(30)31(41)24-10-8-9-11-26(24)36;1-16(2)22(12-17(3)32)26(33)31-21-10-8-18(14-21)25(31)24-15-19-13-20(9-11-23(19)30-24)29-34-27(4,5)28(6,7)35-29/h8-11,13,15,18-19,21,23,25,29H,12,14,16-17H2,1-7H3;9,11,13,16,18,21-22,25H,8,10,12,14-15H2,1-7H3/t21-,23+,25?,29?;18-,21+,22?,25?/m00/s1. The molecule has 6 heterocycles. The van der Waals surface area contributed by atoms with Crippen molar-refractivity contribution in [2.75, 3.05) is 0 Å². The van der Waals surface area contributed by atoms with Crippen LogP contribution in [0, 0.1) is 35.5 Å². The van der Waals surface area contributed by atoms with E-state index in [1.807, 2.05) is 64.6 Å². The van der Waals surface area contributed by atoms with Crippen LogP contribution in [0.15, 0.2) is 65.7 Å². The third-order valence-electron chi connectivity index (χ3n) is 19.3. The van der Waals surface area contributed by atoms with Crippen LogP contribution >= 0.6 is 11.6 Å². The Hall–Kier alpha value is -4.99. The number of benzene rings is 3. The summed E-state index contributed by atoms with van der Waals surface area (Å²) >= 11 is 6.57. The first-order valence-corrected chi connectivity index (χ1v) is 29.3. The van der Waals surface area contributed by atoms with E-state index >= 15 is 0 Å². The third kappa shape index (κ3) is 10.4. The summed E-state index contributed by atoms with van der Waals surface area (Å²) in [6.07, 6.45) is 7.23. The van der Waals surface area contributed by atoms with Crippen LogP contribution in [-0.4, -0.2) is 109 Å². The molecule has 7 aliphatic rings. The van der Waals surface area contributed by atoms with Gasteiger partial charge in [0.15, 0.2) is 0 Å². The van der Waals surface area contributed by atoms with E-state index in [0.717, 1.165) is 67.3 Å². The fourth-order valence-electron chi connectivity index (χ4n) is 13.5. The number of carbonyl (C=O) groups is 5. The summed E-state index contributed by atoms with van der Waals surface area (Å²) in [4.78, 5) is 80.8. The van der Waals surface area contributed by atoms with Gasteiger partial charge in [0.25, 0.3) is 5.91 Å². The molecular formula is C62H80B2ClN5O9. The second kappa shape index (κ2) is 21.1. The zero-order chi connectivity index (χ0) is 57.0. The first-order valence-electron chi connectivity index (χ1n) is 28.9. The monoisotopic (exact) mass is 1100 g/mol. The Bertz CT molecular complexity index is 3100. The number of ketones is 2. The lowest BCUT2D eigenvalue weighted by molar-refractivity contribution is -0.144. The molecule has 2 amide bonds. The van der Waals surface area contributed by atoms with Crippen LogP contribution in [0.5, 0.6) is 0 Å². The Morgan fingerprint density at radius 1 is 0.646 bits per heavy atom. The molecule has 4 saturated heterocycles. The molecule has 3 aromatic carbocycles. The lowest BCUT2D eigenvalue weighted by Gasteiger charge is -2.38. The predicted molar refractivity (Wildman–Crippen MR) is 309 cm³/mol. The Morgan fingerprint density at radius 2 is 1.13 bits per heavy atom. The van der Waals surface area contributed by atoms with Gasteiger partial charge in [0, 0.05) is 48.9 Å². The second-order valence-corrected chi connectivity index (χ2v) is 26.9. The molecule has 0 spiro atoms. The van der Waals surface area contributed by atoms with Crippen molar-refractivity contribution >= 4 is 88.5 Å². The maximum atomic E-state index is 14.5. The summed E-state index contributed by atoms with van der Waals surface area (Å²) in [5.41, 5.74) is 4.83. The summed E-state index contributed by atoms with van der Waals surface area (Å²) < 4.78 is 26.9. The highest BCUT2D eigenvalue weighted by Crippen LogP contribution is 2.52. The summed E-state index contributed by atoms with van der Waals surface area (Å²) in [6, 6.07) is 19.0. The first-order chi connectivity index (χ1) is 37.1. The summed E-state index contributed by atoms with van der Waals surface area (Å²) in [5.74, 6) is 0.478. The fourth-order valence-corrected chi connectivity index (χ4v) is 13.8.